The molecule has 0 aliphatic carbocycles. The van der Waals surface area contributed by atoms with Gasteiger partial charge in [0.25, 0.3) is 11.1 Å². The van der Waals surface area contributed by atoms with Crippen LogP contribution in [0.5, 0.6) is 0 Å². The Bertz CT molecular complexity index is 1700. The molecule has 5 rings (SSSR count). The molecule has 0 saturated carbocycles. The van der Waals surface area contributed by atoms with Gasteiger partial charge < -0.3 is 10.3 Å². The lowest BCUT2D eigenvalue weighted by Crippen LogP contribution is -2.23. The molecule has 0 aliphatic heterocycles. The van der Waals surface area contributed by atoms with Crippen molar-refractivity contribution in [2.45, 2.75) is 19.0 Å². The first kappa shape index (κ1) is 23.8. The molecule has 0 atom stereocenters. The number of H-pyrrole nitrogens is 1. The van der Waals surface area contributed by atoms with Crippen LogP contribution in [0.2, 0.25) is 0 Å². The summed E-state index contributed by atoms with van der Waals surface area (Å²) in [6.45, 7) is 3.79. The summed E-state index contributed by atoms with van der Waals surface area (Å²) in [5, 5.41) is 5.55. The number of thiophene rings is 1. The monoisotopic (exact) mass is 517 g/mol. The zero-order valence-electron chi connectivity index (χ0n) is 19.9. The Morgan fingerprint density at radius 3 is 2.53 bits per heavy atom. The molecular formula is C26H23N5O3S2. The standard InChI is InChI=1S/C26H23N5O3S2/c1-15-9-11-17(12-10-15)19-13-35-24-21(19)23(33)28-26(29-24)36-14-20(32)27-22-16(2)30(3)31(25(22)34)18-7-5-4-6-8-18/h4-13H,14H2,1-3H3,(H,27,32)(H,28,29,33). The molecule has 5 aromatic rings. The van der Waals surface area contributed by atoms with Crippen LogP contribution < -0.4 is 16.4 Å². The number of thioether (sulfide) groups is 1. The Kier molecular flexibility index (Phi) is 6.38. The van der Waals surface area contributed by atoms with Crippen molar-refractivity contribution in [1.29, 1.82) is 0 Å². The molecule has 8 nitrogen and oxygen atoms in total. The van der Waals surface area contributed by atoms with Crippen LogP contribution in [-0.4, -0.2) is 31.0 Å². The lowest BCUT2D eigenvalue weighted by atomic mass is 10.1. The number of aromatic nitrogens is 4. The topological polar surface area (TPSA) is 102 Å². The fourth-order valence-corrected chi connectivity index (χ4v) is 5.63. The van der Waals surface area contributed by atoms with E-state index in [-0.39, 0.29) is 28.5 Å². The van der Waals surface area contributed by atoms with Crippen molar-refractivity contribution in [1.82, 2.24) is 19.3 Å². The van der Waals surface area contributed by atoms with Crippen molar-refractivity contribution in [3.63, 3.8) is 0 Å². The van der Waals surface area contributed by atoms with E-state index in [1.165, 1.54) is 16.0 Å². The number of carbonyl (C=O) groups is 1. The van der Waals surface area contributed by atoms with Gasteiger partial charge in [-0.2, -0.15) is 0 Å². The fourth-order valence-electron chi connectivity index (χ4n) is 3.96. The van der Waals surface area contributed by atoms with E-state index in [1.807, 2.05) is 66.9 Å². The van der Waals surface area contributed by atoms with Gasteiger partial charge in [0.05, 0.1) is 22.5 Å². The lowest BCUT2D eigenvalue weighted by Gasteiger charge is -2.07. The minimum atomic E-state index is -0.361. The second-order valence-electron chi connectivity index (χ2n) is 8.34. The molecule has 2 aromatic carbocycles. The third-order valence-electron chi connectivity index (χ3n) is 5.94. The summed E-state index contributed by atoms with van der Waals surface area (Å²) in [6, 6.07) is 17.2. The predicted molar refractivity (Wildman–Crippen MR) is 146 cm³/mol. The number of nitrogens with one attached hydrogen (secondary N) is 2. The van der Waals surface area contributed by atoms with Gasteiger partial charge in [0, 0.05) is 18.0 Å². The molecule has 36 heavy (non-hydrogen) atoms. The Morgan fingerprint density at radius 2 is 1.81 bits per heavy atom. The number of fused-ring (bicyclic) bond motifs is 1. The molecule has 0 fully saturated rings. The average Bonchev–Trinajstić information content (AvgIpc) is 3.39. The van der Waals surface area contributed by atoms with Crippen molar-refractivity contribution in [2.24, 2.45) is 7.05 Å². The molecule has 182 valence electrons. The van der Waals surface area contributed by atoms with Crippen LogP contribution in [0.1, 0.15) is 11.3 Å². The number of rotatable bonds is 6. The summed E-state index contributed by atoms with van der Waals surface area (Å²) in [5.41, 5.74) is 3.96. The van der Waals surface area contributed by atoms with Crippen LogP contribution in [-0.2, 0) is 11.8 Å². The minimum Gasteiger partial charge on any atom is -0.319 e. The van der Waals surface area contributed by atoms with E-state index in [4.69, 9.17) is 0 Å². The molecule has 1 amide bonds. The van der Waals surface area contributed by atoms with Crippen molar-refractivity contribution < 1.29 is 4.79 Å². The van der Waals surface area contributed by atoms with Gasteiger partial charge in [0.2, 0.25) is 5.91 Å². The van der Waals surface area contributed by atoms with Gasteiger partial charge in [-0.15, -0.1) is 11.3 Å². The second kappa shape index (κ2) is 9.63. The number of aryl methyl sites for hydroxylation is 1. The summed E-state index contributed by atoms with van der Waals surface area (Å²) >= 11 is 2.51. The summed E-state index contributed by atoms with van der Waals surface area (Å²) in [4.78, 5) is 46.5. The van der Waals surface area contributed by atoms with Crippen LogP contribution in [0.4, 0.5) is 5.69 Å². The second-order valence-corrected chi connectivity index (χ2v) is 10.2. The van der Waals surface area contributed by atoms with Gasteiger partial charge >= 0.3 is 0 Å². The number of amides is 1. The van der Waals surface area contributed by atoms with E-state index in [2.05, 4.69) is 15.3 Å². The highest BCUT2D eigenvalue weighted by Gasteiger charge is 2.19. The number of benzene rings is 2. The number of anilines is 1. The van der Waals surface area contributed by atoms with Gasteiger partial charge in [-0.1, -0.05) is 59.8 Å². The Labute approximate surface area is 214 Å². The third-order valence-corrected chi connectivity index (χ3v) is 7.69. The predicted octanol–water partition coefficient (Wildman–Crippen LogP) is 4.49. The highest BCUT2D eigenvalue weighted by Crippen LogP contribution is 2.31. The van der Waals surface area contributed by atoms with Crippen LogP contribution in [0.25, 0.3) is 27.0 Å². The molecule has 0 bridgehead atoms. The van der Waals surface area contributed by atoms with Gasteiger partial charge in [-0.05, 0) is 31.5 Å². The van der Waals surface area contributed by atoms with Gasteiger partial charge in [0.1, 0.15) is 10.5 Å². The summed E-state index contributed by atoms with van der Waals surface area (Å²) in [6.07, 6.45) is 0. The molecule has 0 radical (unpaired) electrons. The Balaban J connectivity index is 1.34. The van der Waals surface area contributed by atoms with Crippen molar-refractivity contribution in [3.8, 4) is 16.8 Å². The highest BCUT2D eigenvalue weighted by atomic mass is 32.2. The summed E-state index contributed by atoms with van der Waals surface area (Å²) < 4.78 is 3.21. The summed E-state index contributed by atoms with van der Waals surface area (Å²) in [7, 11) is 1.77. The van der Waals surface area contributed by atoms with E-state index < -0.39 is 0 Å². The van der Waals surface area contributed by atoms with E-state index in [1.54, 1.807) is 18.7 Å². The van der Waals surface area contributed by atoms with E-state index in [9.17, 15) is 14.4 Å². The first-order valence-corrected chi connectivity index (χ1v) is 13.0. The van der Waals surface area contributed by atoms with E-state index in [0.29, 0.717) is 26.8 Å². The van der Waals surface area contributed by atoms with Gasteiger partial charge in [-0.25, -0.2) is 9.67 Å². The molecule has 0 saturated heterocycles. The SMILES string of the molecule is Cc1ccc(-c2csc3nc(SCC(=O)Nc4c(C)n(C)n(-c5ccccc5)c4=O)[nH]c(=O)c23)cc1. The van der Waals surface area contributed by atoms with Crippen LogP contribution >= 0.6 is 23.1 Å². The molecule has 2 N–H and O–H groups in total. The minimum absolute atomic E-state index is 0.0102. The number of hydrogen-bond acceptors (Lipinski definition) is 6. The van der Waals surface area contributed by atoms with Crippen molar-refractivity contribution >= 4 is 44.9 Å². The van der Waals surface area contributed by atoms with Crippen LogP contribution in [0.3, 0.4) is 0 Å². The molecule has 3 aromatic heterocycles. The number of para-hydroxylation sites is 1. The maximum absolute atomic E-state index is 13.0. The van der Waals surface area contributed by atoms with E-state index >= 15 is 0 Å². The number of nitrogens with zero attached hydrogens (tertiary/aromatic N) is 3. The lowest BCUT2D eigenvalue weighted by molar-refractivity contribution is -0.113. The molecule has 0 spiro atoms. The van der Waals surface area contributed by atoms with Gasteiger partial charge in [0.15, 0.2) is 5.16 Å². The van der Waals surface area contributed by atoms with Crippen LogP contribution in [0, 0.1) is 13.8 Å². The first-order chi connectivity index (χ1) is 17.3. The van der Waals surface area contributed by atoms with Gasteiger partial charge in [-0.3, -0.25) is 19.1 Å². The zero-order chi connectivity index (χ0) is 25.4. The quantitative estimate of drug-likeness (QED) is 0.255. The molecule has 3 heterocycles. The number of hydrogen-bond donors (Lipinski definition) is 2. The maximum atomic E-state index is 13.0. The highest BCUT2D eigenvalue weighted by molar-refractivity contribution is 7.99. The largest absolute Gasteiger partial charge is 0.319 e. The van der Waals surface area contributed by atoms with E-state index in [0.717, 1.165) is 28.5 Å². The van der Waals surface area contributed by atoms with Crippen molar-refractivity contribution in [2.75, 3.05) is 11.1 Å². The Hall–Kier alpha value is -3.89. The maximum Gasteiger partial charge on any atom is 0.295 e. The zero-order valence-corrected chi connectivity index (χ0v) is 21.5. The number of carbonyl (C=O) groups excluding carboxylic acids is 1. The normalized spacial score (nSPS) is 11.2. The molecule has 0 aliphatic rings. The third kappa shape index (κ3) is 4.40. The first-order valence-electron chi connectivity index (χ1n) is 11.2. The molecular weight excluding hydrogens is 494 g/mol. The fraction of sp³-hybridized carbons (Fsp3) is 0.154. The molecule has 10 heteroatoms. The van der Waals surface area contributed by atoms with Crippen LogP contribution in [0.15, 0.2) is 74.7 Å². The Morgan fingerprint density at radius 1 is 1.08 bits per heavy atom. The average molecular weight is 518 g/mol. The smallest absolute Gasteiger partial charge is 0.295 e. The summed E-state index contributed by atoms with van der Waals surface area (Å²) in [5.74, 6) is -0.371. The number of aromatic amines is 1. The van der Waals surface area contributed by atoms with Crippen molar-refractivity contribution in [3.05, 3.63) is 91.9 Å². The molecule has 0 unspecified atom stereocenters.